The Morgan fingerprint density at radius 3 is 2.42 bits per heavy atom. The molecular weight excluding hydrogens is 232 g/mol. The van der Waals surface area contributed by atoms with E-state index in [1.54, 1.807) is 0 Å². The van der Waals surface area contributed by atoms with Crippen LogP contribution in [0.3, 0.4) is 0 Å². The van der Waals surface area contributed by atoms with Gasteiger partial charge in [-0.15, -0.1) is 0 Å². The van der Waals surface area contributed by atoms with E-state index in [1.807, 2.05) is 6.07 Å². The minimum atomic E-state index is 0.436. The SMILES string of the molecule is CN(c1ccccc1)C(c1cccc(N)c1)C1CC1. The second-order valence-electron chi connectivity index (χ2n) is 5.40. The highest BCUT2D eigenvalue weighted by atomic mass is 15.1. The van der Waals surface area contributed by atoms with Gasteiger partial charge in [0.2, 0.25) is 0 Å². The van der Waals surface area contributed by atoms with E-state index in [9.17, 15) is 0 Å². The summed E-state index contributed by atoms with van der Waals surface area (Å²) >= 11 is 0. The number of benzene rings is 2. The first-order valence-electron chi connectivity index (χ1n) is 6.89. The number of hydrogen-bond acceptors (Lipinski definition) is 2. The first kappa shape index (κ1) is 12.1. The van der Waals surface area contributed by atoms with Gasteiger partial charge < -0.3 is 10.6 Å². The zero-order valence-corrected chi connectivity index (χ0v) is 11.3. The van der Waals surface area contributed by atoms with E-state index in [2.05, 4.69) is 60.5 Å². The maximum Gasteiger partial charge on any atom is 0.0568 e. The van der Waals surface area contributed by atoms with Crippen molar-refractivity contribution in [3.8, 4) is 0 Å². The summed E-state index contributed by atoms with van der Waals surface area (Å²) < 4.78 is 0. The summed E-state index contributed by atoms with van der Waals surface area (Å²) in [7, 11) is 2.18. The van der Waals surface area contributed by atoms with Gasteiger partial charge in [0.15, 0.2) is 0 Å². The van der Waals surface area contributed by atoms with Crippen molar-refractivity contribution in [1.29, 1.82) is 0 Å². The first-order chi connectivity index (χ1) is 9.25. The molecule has 2 aromatic rings. The molecule has 0 heterocycles. The minimum absolute atomic E-state index is 0.436. The number of nitrogen functional groups attached to an aromatic ring is 1. The lowest BCUT2D eigenvalue weighted by atomic mass is 10.00. The molecule has 98 valence electrons. The molecule has 19 heavy (non-hydrogen) atoms. The summed E-state index contributed by atoms with van der Waals surface area (Å²) in [5.74, 6) is 0.756. The highest BCUT2D eigenvalue weighted by molar-refractivity contribution is 5.50. The van der Waals surface area contributed by atoms with Crippen LogP contribution in [0.25, 0.3) is 0 Å². The van der Waals surface area contributed by atoms with Crippen LogP contribution in [0.4, 0.5) is 11.4 Å². The third-order valence-electron chi connectivity index (χ3n) is 3.90. The van der Waals surface area contributed by atoms with Crippen LogP contribution in [0, 0.1) is 5.92 Å². The van der Waals surface area contributed by atoms with Crippen molar-refractivity contribution in [2.75, 3.05) is 17.7 Å². The lowest BCUT2D eigenvalue weighted by molar-refractivity contribution is 0.593. The minimum Gasteiger partial charge on any atom is -0.399 e. The standard InChI is InChI=1S/C17H20N2/c1-19(16-8-3-2-4-9-16)17(13-10-11-13)14-6-5-7-15(18)12-14/h2-9,12-13,17H,10-11,18H2,1H3. The van der Waals surface area contributed by atoms with E-state index in [-0.39, 0.29) is 0 Å². The van der Waals surface area contributed by atoms with Gasteiger partial charge in [-0.3, -0.25) is 0 Å². The molecule has 2 nitrogen and oxygen atoms in total. The average molecular weight is 252 g/mol. The Morgan fingerprint density at radius 2 is 1.79 bits per heavy atom. The number of anilines is 2. The molecular formula is C17H20N2. The molecule has 1 fully saturated rings. The summed E-state index contributed by atoms with van der Waals surface area (Å²) in [6.45, 7) is 0. The van der Waals surface area contributed by atoms with E-state index in [0.717, 1.165) is 11.6 Å². The molecule has 2 heteroatoms. The molecule has 0 aliphatic heterocycles. The largest absolute Gasteiger partial charge is 0.399 e. The molecule has 1 aliphatic carbocycles. The molecule has 0 spiro atoms. The summed E-state index contributed by atoms with van der Waals surface area (Å²) in [5.41, 5.74) is 9.38. The molecule has 2 N–H and O–H groups in total. The fraction of sp³-hybridized carbons (Fsp3) is 0.294. The number of nitrogens with two attached hydrogens (primary N) is 1. The van der Waals surface area contributed by atoms with Crippen LogP contribution in [0.5, 0.6) is 0 Å². The van der Waals surface area contributed by atoms with Crippen LogP contribution < -0.4 is 10.6 Å². The molecule has 1 saturated carbocycles. The van der Waals surface area contributed by atoms with E-state index >= 15 is 0 Å². The third kappa shape index (κ3) is 2.58. The van der Waals surface area contributed by atoms with Gasteiger partial charge in [-0.05, 0) is 48.6 Å². The highest BCUT2D eigenvalue weighted by Crippen LogP contribution is 2.45. The number of para-hydroxylation sites is 1. The van der Waals surface area contributed by atoms with E-state index < -0.39 is 0 Å². The average Bonchev–Trinajstić information content (AvgIpc) is 3.25. The fourth-order valence-electron chi connectivity index (χ4n) is 2.79. The monoisotopic (exact) mass is 252 g/mol. The summed E-state index contributed by atoms with van der Waals surface area (Å²) in [5, 5.41) is 0. The van der Waals surface area contributed by atoms with Crippen LogP contribution in [0.2, 0.25) is 0 Å². The van der Waals surface area contributed by atoms with E-state index in [1.165, 1.54) is 24.1 Å². The predicted molar refractivity (Wildman–Crippen MR) is 81.2 cm³/mol. The Balaban J connectivity index is 1.93. The number of nitrogens with zero attached hydrogens (tertiary/aromatic N) is 1. The van der Waals surface area contributed by atoms with Gasteiger partial charge in [0.25, 0.3) is 0 Å². The Morgan fingerprint density at radius 1 is 1.05 bits per heavy atom. The van der Waals surface area contributed by atoms with Crippen LogP contribution in [0.15, 0.2) is 54.6 Å². The zero-order valence-electron chi connectivity index (χ0n) is 11.3. The Bertz CT molecular complexity index is 546. The highest BCUT2D eigenvalue weighted by Gasteiger charge is 2.35. The molecule has 2 aromatic carbocycles. The molecule has 0 radical (unpaired) electrons. The van der Waals surface area contributed by atoms with E-state index in [4.69, 9.17) is 5.73 Å². The van der Waals surface area contributed by atoms with Gasteiger partial charge in [-0.2, -0.15) is 0 Å². The summed E-state index contributed by atoms with van der Waals surface area (Å²) in [6, 6.07) is 19.3. The van der Waals surface area contributed by atoms with Crippen molar-refractivity contribution in [2.45, 2.75) is 18.9 Å². The van der Waals surface area contributed by atoms with Crippen LogP contribution in [-0.2, 0) is 0 Å². The van der Waals surface area contributed by atoms with Crippen molar-refractivity contribution in [3.05, 3.63) is 60.2 Å². The third-order valence-corrected chi connectivity index (χ3v) is 3.90. The van der Waals surface area contributed by atoms with Crippen LogP contribution in [0.1, 0.15) is 24.4 Å². The first-order valence-corrected chi connectivity index (χ1v) is 6.89. The van der Waals surface area contributed by atoms with Gasteiger partial charge in [-0.1, -0.05) is 30.3 Å². The molecule has 0 amide bonds. The smallest absolute Gasteiger partial charge is 0.0568 e. The fourth-order valence-corrected chi connectivity index (χ4v) is 2.79. The van der Waals surface area contributed by atoms with Crippen molar-refractivity contribution in [3.63, 3.8) is 0 Å². The predicted octanol–water partition coefficient (Wildman–Crippen LogP) is 3.86. The number of rotatable bonds is 4. The summed E-state index contributed by atoms with van der Waals surface area (Å²) in [6.07, 6.45) is 2.63. The zero-order chi connectivity index (χ0) is 13.2. The van der Waals surface area contributed by atoms with Crippen LogP contribution >= 0.6 is 0 Å². The maximum absolute atomic E-state index is 5.94. The quantitative estimate of drug-likeness (QED) is 0.837. The Labute approximate surface area is 114 Å². The second kappa shape index (κ2) is 4.96. The van der Waals surface area contributed by atoms with Gasteiger partial charge in [0.1, 0.15) is 0 Å². The van der Waals surface area contributed by atoms with Crippen LogP contribution in [-0.4, -0.2) is 7.05 Å². The summed E-state index contributed by atoms with van der Waals surface area (Å²) in [4.78, 5) is 2.38. The van der Waals surface area contributed by atoms with Crippen molar-refractivity contribution in [1.82, 2.24) is 0 Å². The molecule has 0 aromatic heterocycles. The molecule has 3 rings (SSSR count). The van der Waals surface area contributed by atoms with Gasteiger partial charge >= 0.3 is 0 Å². The topological polar surface area (TPSA) is 29.3 Å². The molecule has 1 unspecified atom stereocenters. The van der Waals surface area contributed by atoms with Crippen molar-refractivity contribution in [2.24, 2.45) is 5.92 Å². The lowest BCUT2D eigenvalue weighted by Gasteiger charge is -2.31. The molecule has 0 bridgehead atoms. The van der Waals surface area contributed by atoms with Gasteiger partial charge in [0.05, 0.1) is 6.04 Å². The van der Waals surface area contributed by atoms with Gasteiger partial charge in [0, 0.05) is 18.4 Å². The Kier molecular flexibility index (Phi) is 3.16. The maximum atomic E-state index is 5.94. The molecule has 1 aliphatic rings. The van der Waals surface area contributed by atoms with E-state index in [0.29, 0.717) is 6.04 Å². The second-order valence-corrected chi connectivity index (χ2v) is 5.40. The van der Waals surface area contributed by atoms with Crippen molar-refractivity contribution >= 4 is 11.4 Å². The molecule has 0 saturated heterocycles. The van der Waals surface area contributed by atoms with Crippen molar-refractivity contribution < 1.29 is 0 Å². The normalized spacial score (nSPS) is 16.1. The number of hydrogen-bond donors (Lipinski definition) is 1. The molecule has 1 atom stereocenters. The Hall–Kier alpha value is -1.96. The lowest BCUT2D eigenvalue weighted by Crippen LogP contribution is -2.25. The van der Waals surface area contributed by atoms with Gasteiger partial charge in [-0.25, -0.2) is 0 Å².